The summed E-state index contributed by atoms with van der Waals surface area (Å²) in [6, 6.07) is 2.76. The fourth-order valence-electron chi connectivity index (χ4n) is 2.22. The molecule has 1 aromatic rings. The molecule has 1 N–H and O–H groups in total. The number of hydrogen-bond acceptors (Lipinski definition) is 4. The van der Waals surface area contributed by atoms with E-state index in [0.717, 1.165) is 6.07 Å². The molecule has 20 heavy (non-hydrogen) atoms. The Morgan fingerprint density at radius 3 is 2.70 bits per heavy atom. The van der Waals surface area contributed by atoms with Gasteiger partial charge in [-0.05, 0) is 25.0 Å². The minimum absolute atomic E-state index is 0.146. The van der Waals surface area contributed by atoms with Gasteiger partial charge in [-0.1, -0.05) is 11.6 Å². The molecule has 1 aliphatic heterocycles. The van der Waals surface area contributed by atoms with Crippen LogP contribution in [0.4, 0.5) is 5.69 Å². The highest BCUT2D eigenvalue weighted by Crippen LogP contribution is 2.27. The van der Waals surface area contributed by atoms with Crippen molar-refractivity contribution in [1.82, 2.24) is 4.90 Å². The summed E-state index contributed by atoms with van der Waals surface area (Å²) in [5.74, 6) is -1.53. The molecule has 0 radical (unpaired) electrons. The normalized spacial score (nSPS) is 18.1. The Morgan fingerprint density at radius 1 is 1.45 bits per heavy atom. The zero-order valence-electron chi connectivity index (χ0n) is 10.3. The van der Waals surface area contributed by atoms with Gasteiger partial charge >= 0.3 is 5.97 Å². The predicted octanol–water partition coefficient (Wildman–Crippen LogP) is 1.94. The molecule has 1 fully saturated rings. The van der Waals surface area contributed by atoms with Crippen LogP contribution >= 0.6 is 11.6 Å². The maximum atomic E-state index is 12.2. The van der Waals surface area contributed by atoms with Crippen LogP contribution in [0.3, 0.4) is 0 Å². The fourth-order valence-corrected chi connectivity index (χ4v) is 2.47. The summed E-state index contributed by atoms with van der Waals surface area (Å²) in [6.07, 6.45) is 1.02. The molecular formula is C12H11ClN2O5. The average molecular weight is 299 g/mol. The third kappa shape index (κ3) is 2.57. The van der Waals surface area contributed by atoms with E-state index in [4.69, 9.17) is 16.7 Å². The molecule has 0 spiro atoms. The van der Waals surface area contributed by atoms with E-state index in [1.807, 2.05) is 0 Å². The van der Waals surface area contributed by atoms with Gasteiger partial charge in [-0.25, -0.2) is 4.79 Å². The van der Waals surface area contributed by atoms with Gasteiger partial charge in [-0.3, -0.25) is 14.9 Å². The Bertz CT molecular complexity index is 589. The van der Waals surface area contributed by atoms with Crippen molar-refractivity contribution in [2.75, 3.05) is 6.54 Å². The molecule has 1 atom stereocenters. The van der Waals surface area contributed by atoms with Gasteiger partial charge in [-0.2, -0.15) is 0 Å². The third-order valence-corrected chi connectivity index (χ3v) is 3.49. The highest BCUT2D eigenvalue weighted by molar-refractivity contribution is 6.33. The summed E-state index contributed by atoms with van der Waals surface area (Å²) in [5, 5.41) is 19.5. The zero-order chi connectivity index (χ0) is 14.9. The molecule has 0 aromatic heterocycles. The molecule has 1 aliphatic rings. The second-order valence-corrected chi connectivity index (χ2v) is 4.83. The molecule has 0 saturated carbocycles. The van der Waals surface area contributed by atoms with Gasteiger partial charge in [0, 0.05) is 18.2 Å². The van der Waals surface area contributed by atoms with E-state index >= 15 is 0 Å². The second kappa shape index (κ2) is 5.46. The Balaban J connectivity index is 2.27. The van der Waals surface area contributed by atoms with Gasteiger partial charge < -0.3 is 10.0 Å². The van der Waals surface area contributed by atoms with E-state index in [1.54, 1.807) is 0 Å². The van der Waals surface area contributed by atoms with Crippen LogP contribution in [0, 0.1) is 10.1 Å². The maximum absolute atomic E-state index is 12.2. The van der Waals surface area contributed by atoms with Crippen molar-refractivity contribution in [3.63, 3.8) is 0 Å². The Hall–Kier alpha value is -2.15. The highest BCUT2D eigenvalue weighted by atomic mass is 35.5. The lowest BCUT2D eigenvalue weighted by atomic mass is 10.1. The summed E-state index contributed by atoms with van der Waals surface area (Å²) < 4.78 is 0. The quantitative estimate of drug-likeness (QED) is 0.679. The summed E-state index contributed by atoms with van der Waals surface area (Å²) in [6.45, 7) is 0.352. The molecule has 7 nitrogen and oxygen atoms in total. The van der Waals surface area contributed by atoms with Gasteiger partial charge in [0.15, 0.2) is 0 Å². The number of nitro benzene ring substituents is 1. The van der Waals surface area contributed by atoms with Gasteiger partial charge in [0.05, 0.1) is 4.92 Å². The van der Waals surface area contributed by atoms with Gasteiger partial charge in [-0.15, -0.1) is 0 Å². The Labute approximate surface area is 118 Å². The van der Waals surface area contributed by atoms with Crippen molar-refractivity contribution in [3.05, 3.63) is 38.9 Å². The number of nitro groups is 1. The zero-order valence-corrected chi connectivity index (χ0v) is 11.0. The van der Waals surface area contributed by atoms with E-state index in [0.29, 0.717) is 19.4 Å². The van der Waals surface area contributed by atoms with Crippen molar-refractivity contribution in [3.8, 4) is 0 Å². The number of halogens is 1. The molecule has 0 unspecified atom stereocenters. The van der Waals surface area contributed by atoms with Crippen LogP contribution in [0.2, 0.25) is 5.02 Å². The van der Waals surface area contributed by atoms with Gasteiger partial charge in [0.1, 0.15) is 11.1 Å². The van der Waals surface area contributed by atoms with Crippen LogP contribution < -0.4 is 0 Å². The number of amides is 1. The number of hydrogen-bond donors (Lipinski definition) is 1. The first-order chi connectivity index (χ1) is 9.41. The van der Waals surface area contributed by atoms with Gasteiger partial charge in [0.25, 0.3) is 11.6 Å². The van der Waals surface area contributed by atoms with Crippen LogP contribution in [-0.4, -0.2) is 39.4 Å². The van der Waals surface area contributed by atoms with Crippen molar-refractivity contribution in [2.45, 2.75) is 18.9 Å². The molecule has 2 rings (SSSR count). The molecule has 106 valence electrons. The lowest BCUT2D eigenvalue weighted by molar-refractivity contribution is -0.384. The molecule has 0 bridgehead atoms. The molecular weight excluding hydrogens is 288 g/mol. The smallest absolute Gasteiger partial charge is 0.326 e. The second-order valence-electron chi connectivity index (χ2n) is 4.42. The number of carboxylic acid groups (broad SMARTS) is 1. The van der Waals surface area contributed by atoms with Crippen LogP contribution in [0.25, 0.3) is 0 Å². The topological polar surface area (TPSA) is 101 Å². The van der Waals surface area contributed by atoms with Crippen LogP contribution in [0.5, 0.6) is 0 Å². The van der Waals surface area contributed by atoms with Crippen molar-refractivity contribution in [1.29, 1.82) is 0 Å². The van der Waals surface area contributed by atoms with E-state index in [2.05, 4.69) is 0 Å². The van der Waals surface area contributed by atoms with E-state index < -0.39 is 22.8 Å². The maximum Gasteiger partial charge on any atom is 0.326 e. The molecule has 1 aromatic carbocycles. The Morgan fingerprint density at radius 2 is 2.15 bits per heavy atom. The predicted molar refractivity (Wildman–Crippen MR) is 69.8 cm³/mol. The summed E-state index contributed by atoms with van der Waals surface area (Å²) in [7, 11) is 0. The van der Waals surface area contributed by atoms with Gasteiger partial charge in [0.2, 0.25) is 0 Å². The lowest BCUT2D eigenvalue weighted by Gasteiger charge is -2.21. The van der Waals surface area contributed by atoms with Crippen LogP contribution in [0.1, 0.15) is 23.2 Å². The largest absolute Gasteiger partial charge is 0.480 e. The molecule has 8 heteroatoms. The summed E-state index contributed by atoms with van der Waals surface area (Å²) in [4.78, 5) is 34.5. The molecule has 1 amide bonds. The monoisotopic (exact) mass is 298 g/mol. The minimum atomic E-state index is -1.05. The van der Waals surface area contributed by atoms with Crippen molar-refractivity contribution in [2.24, 2.45) is 0 Å². The SMILES string of the molecule is O=C(O)[C@@H]1CCCN1C(=O)c1ccc([N+](=O)[O-])c(Cl)c1. The minimum Gasteiger partial charge on any atom is -0.480 e. The summed E-state index contributed by atoms with van der Waals surface area (Å²) >= 11 is 5.75. The molecule has 1 heterocycles. The average Bonchev–Trinajstić information content (AvgIpc) is 2.86. The van der Waals surface area contributed by atoms with Crippen LogP contribution in [0.15, 0.2) is 18.2 Å². The number of carboxylic acids is 1. The first kappa shape index (κ1) is 14.3. The molecule has 0 aliphatic carbocycles. The number of rotatable bonds is 3. The number of benzene rings is 1. The van der Waals surface area contributed by atoms with E-state index in [-0.39, 0.29) is 16.3 Å². The molecule has 1 saturated heterocycles. The first-order valence-electron chi connectivity index (χ1n) is 5.89. The number of aliphatic carboxylic acids is 1. The van der Waals surface area contributed by atoms with E-state index in [9.17, 15) is 19.7 Å². The van der Waals surface area contributed by atoms with Crippen molar-refractivity contribution >= 4 is 29.2 Å². The van der Waals surface area contributed by atoms with Crippen LogP contribution in [-0.2, 0) is 4.79 Å². The third-order valence-electron chi connectivity index (χ3n) is 3.19. The highest BCUT2D eigenvalue weighted by Gasteiger charge is 2.34. The lowest BCUT2D eigenvalue weighted by Crippen LogP contribution is -2.40. The Kier molecular flexibility index (Phi) is 3.89. The first-order valence-corrected chi connectivity index (χ1v) is 6.27. The number of nitrogens with zero attached hydrogens (tertiary/aromatic N) is 2. The number of likely N-dealkylation sites (tertiary alicyclic amines) is 1. The van der Waals surface area contributed by atoms with E-state index in [1.165, 1.54) is 17.0 Å². The standard InChI is InChI=1S/C12H11ClN2O5/c13-8-6-7(3-4-9(8)15(19)20)11(16)14-5-1-2-10(14)12(17)18/h3-4,6,10H,1-2,5H2,(H,17,18)/t10-/m0/s1. The number of carbonyl (C=O) groups excluding carboxylic acids is 1. The number of carbonyl (C=O) groups is 2. The summed E-state index contributed by atoms with van der Waals surface area (Å²) in [5.41, 5.74) is -0.145. The fraction of sp³-hybridized carbons (Fsp3) is 0.333. The van der Waals surface area contributed by atoms with Crippen molar-refractivity contribution < 1.29 is 19.6 Å².